The van der Waals surface area contributed by atoms with Gasteiger partial charge in [-0.15, -0.1) is 0 Å². The third-order valence-electron chi connectivity index (χ3n) is 1.65. The van der Waals surface area contributed by atoms with Crippen LogP contribution < -0.4 is 9.47 Å². The molecule has 0 aromatic heterocycles. The summed E-state index contributed by atoms with van der Waals surface area (Å²) in [5.41, 5.74) is 1.14. The van der Waals surface area contributed by atoms with Gasteiger partial charge in [0, 0.05) is 7.11 Å². The van der Waals surface area contributed by atoms with Crippen molar-refractivity contribution in [3.63, 3.8) is 0 Å². The minimum atomic E-state index is 0.236. The Morgan fingerprint density at radius 2 is 1.92 bits per heavy atom. The maximum atomic E-state index is 5.28. The van der Waals surface area contributed by atoms with E-state index in [1.54, 1.807) is 14.2 Å². The van der Waals surface area contributed by atoms with Crippen molar-refractivity contribution in [3.05, 3.63) is 23.8 Å². The summed E-state index contributed by atoms with van der Waals surface area (Å²) in [5.74, 6) is 1.44. The lowest BCUT2D eigenvalue weighted by molar-refractivity contribution is 0.0491. The Bertz CT molecular complexity index is 271. The molecule has 0 aliphatic carbocycles. The molecular weight excluding hydrogens is 168 g/mol. The van der Waals surface area contributed by atoms with Crippen LogP contribution in [0.3, 0.4) is 0 Å². The molecule has 0 bridgehead atoms. The first kappa shape index (κ1) is 9.86. The Labute approximate surface area is 78.2 Å². The summed E-state index contributed by atoms with van der Waals surface area (Å²) in [7, 11) is 3.20. The molecule has 0 amide bonds. The first-order valence-electron chi connectivity index (χ1n) is 4.04. The Kier molecular flexibility index (Phi) is 3.58. The molecule has 0 fully saturated rings. The van der Waals surface area contributed by atoms with E-state index in [0.717, 1.165) is 11.3 Å². The fraction of sp³-hybridized carbons (Fsp3) is 0.400. The van der Waals surface area contributed by atoms with Crippen molar-refractivity contribution in [3.8, 4) is 11.5 Å². The summed E-state index contributed by atoms with van der Waals surface area (Å²) in [5, 5.41) is 0. The predicted molar refractivity (Wildman–Crippen MR) is 50.2 cm³/mol. The number of methoxy groups -OCH3 is 2. The van der Waals surface area contributed by atoms with Crippen LogP contribution in [-0.2, 0) is 4.74 Å². The van der Waals surface area contributed by atoms with Crippen molar-refractivity contribution >= 4 is 0 Å². The van der Waals surface area contributed by atoms with Crippen LogP contribution >= 0.6 is 0 Å². The molecule has 0 saturated carbocycles. The summed E-state index contributed by atoms with van der Waals surface area (Å²) in [6.07, 6.45) is 0. The largest absolute Gasteiger partial charge is 0.493 e. The first-order valence-corrected chi connectivity index (χ1v) is 4.04. The summed E-state index contributed by atoms with van der Waals surface area (Å²) in [6.45, 7) is 2.24. The quantitative estimate of drug-likeness (QED) is 0.666. The SMILES string of the molecule is COCOc1ccc(C)cc1OC. The predicted octanol–water partition coefficient (Wildman–Crippen LogP) is 1.99. The van der Waals surface area contributed by atoms with Crippen LogP contribution in [0.15, 0.2) is 18.2 Å². The summed E-state index contributed by atoms with van der Waals surface area (Å²) in [4.78, 5) is 0. The minimum absolute atomic E-state index is 0.236. The second kappa shape index (κ2) is 4.72. The van der Waals surface area contributed by atoms with Gasteiger partial charge in [0.25, 0.3) is 0 Å². The van der Waals surface area contributed by atoms with E-state index in [1.165, 1.54) is 0 Å². The van der Waals surface area contributed by atoms with Gasteiger partial charge in [0.15, 0.2) is 18.3 Å². The normalized spacial score (nSPS) is 9.77. The van der Waals surface area contributed by atoms with E-state index in [2.05, 4.69) is 0 Å². The van der Waals surface area contributed by atoms with Crippen molar-refractivity contribution in [2.45, 2.75) is 6.92 Å². The van der Waals surface area contributed by atoms with Gasteiger partial charge in [-0.05, 0) is 24.6 Å². The van der Waals surface area contributed by atoms with E-state index >= 15 is 0 Å². The molecule has 0 spiro atoms. The number of hydrogen-bond donors (Lipinski definition) is 0. The van der Waals surface area contributed by atoms with Crippen molar-refractivity contribution in [2.24, 2.45) is 0 Å². The maximum Gasteiger partial charge on any atom is 0.188 e. The van der Waals surface area contributed by atoms with Crippen molar-refractivity contribution in [1.29, 1.82) is 0 Å². The molecule has 0 atom stereocenters. The molecule has 0 saturated heterocycles. The summed E-state index contributed by atoms with van der Waals surface area (Å²) in [6, 6.07) is 5.76. The average molecular weight is 182 g/mol. The van der Waals surface area contributed by atoms with E-state index in [9.17, 15) is 0 Å². The Hall–Kier alpha value is -1.22. The van der Waals surface area contributed by atoms with Gasteiger partial charge >= 0.3 is 0 Å². The highest BCUT2D eigenvalue weighted by Crippen LogP contribution is 2.27. The molecule has 13 heavy (non-hydrogen) atoms. The lowest BCUT2D eigenvalue weighted by Gasteiger charge is -2.09. The van der Waals surface area contributed by atoms with Crippen LogP contribution in [0.5, 0.6) is 11.5 Å². The highest BCUT2D eigenvalue weighted by Gasteiger charge is 2.02. The standard InChI is InChI=1S/C10H14O3/c1-8-4-5-9(13-7-11-2)10(6-8)12-3/h4-6H,7H2,1-3H3. The van der Waals surface area contributed by atoms with Crippen LogP contribution in [0.1, 0.15) is 5.56 Å². The Morgan fingerprint density at radius 3 is 2.54 bits per heavy atom. The molecular formula is C10H14O3. The number of benzene rings is 1. The van der Waals surface area contributed by atoms with Gasteiger partial charge in [0.1, 0.15) is 0 Å². The minimum Gasteiger partial charge on any atom is -0.493 e. The molecule has 3 heteroatoms. The van der Waals surface area contributed by atoms with Crippen molar-refractivity contribution in [1.82, 2.24) is 0 Å². The summed E-state index contributed by atoms with van der Waals surface area (Å²) >= 11 is 0. The van der Waals surface area contributed by atoms with Gasteiger partial charge in [0.2, 0.25) is 0 Å². The number of hydrogen-bond acceptors (Lipinski definition) is 3. The van der Waals surface area contributed by atoms with Crippen LogP contribution in [0.4, 0.5) is 0 Å². The third kappa shape index (κ3) is 2.63. The molecule has 0 radical (unpaired) electrons. The molecule has 3 nitrogen and oxygen atoms in total. The lowest BCUT2D eigenvalue weighted by Crippen LogP contribution is -2.00. The smallest absolute Gasteiger partial charge is 0.188 e. The molecule has 0 aliphatic rings. The van der Waals surface area contributed by atoms with Crippen molar-refractivity contribution < 1.29 is 14.2 Å². The van der Waals surface area contributed by atoms with Gasteiger partial charge < -0.3 is 14.2 Å². The topological polar surface area (TPSA) is 27.7 Å². The lowest BCUT2D eigenvalue weighted by atomic mass is 10.2. The number of aryl methyl sites for hydroxylation is 1. The van der Waals surface area contributed by atoms with Crippen LogP contribution in [-0.4, -0.2) is 21.0 Å². The Balaban J connectivity index is 2.79. The van der Waals surface area contributed by atoms with Gasteiger partial charge in [-0.1, -0.05) is 6.07 Å². The molecule has 0 aliphatic heterocycles. The molecule has 1 aromatic carbocycles. The van der Waals surface area contributed by atoms with Crippen LogP contribution in [0.2, 0.25) is 0 Å². The van der Waals surface area contributed by atoms with Gasteiger partial charge in [-0.3, -0.25) is 0 Å². The van der Waals surface area contributed by atoms with Gasteiger partial charge in [0.05, 0.1) is 7.11 Å². The second-order valence-corrected chi connectivity index (χ2v) is 2.71. The first-order chi connectivity index (χ1) is 6.27. The highest BCUT2D eigenvalue weighted by molar-refractivity contribution is 5.42. The molecule has 0 unspecified atom stereocenters. The third-order valence-corrected chi connectivity index (χ3v) is 1.65. The molecule has 1 aromatic rings. The van der Waals surface area contributed by atoms with Crippen molar-refractivity contribution in [2.75, 3.05) is 21.0 Å². The van der Waals surface area contributed by atoms with E-state index in [0.29, 0.717) is 5.75 Å². The molecule has 0 heterocycles. The molecule has 72 valence electrons. The number of rotatable bonds is 4. The van der Waals surface area contributed by atoms with Crippen LogP contribution in [0.25, 0.3) is 0 Å². The Morgan fingerprint density at radius 1 is 1.15 bits per heavy atom. The zero-order valence-corrected chi connectivity index (χ0v) is 8.16. The van der Waals surface area contributed by atoms with E-state index < -0.39 is 0 Å². The average Bonchev–Trinajstić information content (AvgIpc) is 2.16. The van der Waals surface area contributed by atoms with Gasteiger partial charge in [-0.2, -0.15) is 0 Å². The van der Waals surface area contributed by atoms with Crippen LogP contribution in [0, 0.1) is 6.92 Å². The zero-order valence-electron chi connectivity index (χ0n) is 8.16. The molecule has 0 N–H and O–H groups in total. The fourth-order valence-electron chi connectivity index (χ4n) is 1.02. The van der Waals surface area contributed by atoms with E-state index in [4.69, 9.17) is 14.2 Å². The molecule has 1 rings (SSSR count). The second-order valence-electron chi connectivity index (χ2n) is 2.71. The highest BCUT2D eigenvalue weighted by atomic mass is 16.7. The fourth-order valence-corrected chi connectivity index (χ4v) is 1.02. The number of ether oxygens (including phenoxy) is 3. The van der Waals surface area contributed by atoms with E-state index in [-0.39, 0.29) is 6.79 Å². The monoisotopic (exact) mass is 182 g/mol. The zero-order chi connectivity index (χ0) is 9.68. The summed E-state index contributed by atoms with van der Waals surface area (Å²) < 4.78 is 15.2. The van der Waals surface area contributed by atoms with E-state index in [1.807, 2.05) is 25.1 Å². The van der Waals surface area contributed by atoms with Gasteiger partial charge in [-0.25, -0.2) is 0 Å². The maximum absolute atomic E-state index is 5.28.